The zero-order valence-electron chi connectivity index (χ0n) is 12.4. The Labute approximate surface area is 136 Å². The summed E-state index contributed by atoms with van der Waals surface area (Å²) in [6.07, 6.45) is 1.71. The molecule has 2 aromatic carbocycles. The molecular formula is C18H14ClN2Si. The Morgan fingerprint density at radius 2 is 1.95 bits per heavy atom. The largest absolute Gasteiger partial charge is 0.244 e. The number of pyridine rings is 1. The Kier molecular flexibility index (Phi) is 3.97. The van der Waals surface area contributed by atoms with Gasteiger partial charge in [-0.25, -0.2) is 4.98 Å². The van der Waals surface area contributed by atoms with E-state index in [4.69, 9.17) is 11.6 Å². The lowest BCUT2D eigenvalue weighted by Gasteiger charge is -2.14. The quantitative estimate of drug-likeness (QED) is 0.518. The van der Waals surface area contributed by atoms with Crippen LogP contribution in [0.3, 0.4) is 0 Å². The number of hydrogen-bond acceptors (Lipinski definition) is 2. The van der Waals surface area contributed by atoms with Crippen molar-refractivity contribution in [3.8, 4) is 17.2 Å². The van der Waals surface area contributed by atoms with Gasteiger partial charge in [0.2, 0.25) is 0 Å². The number of nitriles is 1. The standard InChI is InChI=1S/C18H14ClN2Si/c1-22(2)16-5-3-4-14(11-20)17(16)13-6-7-15-12(10-13)8-9-21-18(15)19/h3-10H,1-2H3. The fraction of sp³-hybridized carbons (Fsp3) is 0.111. The van der Waals surface area contributed by atoms with Crippen molar-refractivity contribution in [3.05, 3.63) is 59.4 Å². The molecule has 0 saturated carbocycles. The second kappa shape index (κ2) is 5.92. The third-order valence-electron chi connectivity index (χ3n) is 3.73. The van der Waals surface area contributed by atoms with Gasteiger partial charge in [0.1, 0.15) is 5.15 Å². The van der Waals surface area contributed by atoms with Gasteiger partial charge < -0.3 is 0 Å². The van der Waals surface area contributed by atoms with Crippen molar-refractivity contribution >= 4 is 36.4 Å². The highest BCUT2D eigenvalue weighted by molar-refractivity contribution is 6.72. The van der Waals surface area contributed by atoms with Crippen LogP contribution < -0.4 is 5.19 Å². The third kappa shape index (κ3) is 2.52. The summed E-state index contributed by atoms with van der Waals surface area (Å²) in [6.45, 7) is 4.49. The molecule has 2 nitrogen and oxygen atoms in total. The molecule has 107 valence electrons. The lowest BCUT2D eigenvalue weighted by Crippen LogP contribution is -2.25. The van der Waals surface area contributed by atoms with Crippen molar-refractivity contribution in [1.29, 1.82) is 5.26 Å². The summed E-state index contributed by atoms with van der Waals surface area (Å²) in [4.78, 5) is 4.11. The number of hydrogen-bond donors (Lipinski definition) is 0. The van der Waals surface area contributed by atoms with E-state index >= 15 is 0 Å². The summed E-state index contributed by atoms with van der Waals surface area (Å²) in [5.41, 5.74) is 2.84. The second-order valence-electron chi connectivity index (χ2n) is 5.38. The first-order chi connectivity index (χ1) is 10.6. The summed E-state index contributed by atoms with van der Waals surface area (Å²) < 4.78 is 0. The van der Waals surface area contributed by atoms with Crippen LogP contribution in [0, 0.1) is 11.3 Å². The molecule has 1 heterocycles. The zero-order chi connectivity index (χ0) is 15.7. The summed E-state index contributed by atoms with van der Waals surface area (Å²) in [6, 6.07) is 16.4. The topological polar surface area (TPSA) is 36.7 Å². The number of nitrogens with zero attached hydrogens (tertiary/aromatic N) is 2. The van der Waals surface area contributed by atoms with Crippen molar-refractivity contribution in [1.82, 2.24) is 4.98 Å². The monoisotopic (exact) mass is 321 g/mol. The molecule has 22 heavy (non-hydrogen) atoms. The maximum Gasteiger partial charge on any atom is 0.136 e. The Balaban J connectivity index is 2.30. The van der Waals surface area contributed by atoms with Crippen LogP contribution in [-0.2, 0) is 0 Å². The third-order valence-corrected chi connectivity index (χ3v) is 5.52. The van der Waals surface area contributed by atoms with Crippen LogP contribution >= 0.6 is 11.6 Å². The van der Waals surface area contributed by atoms with Crippen LogP contribution in [0.2, 0.25) is 18.2 Å². The predicted octanol–water partition coefficient (Wildman–Crippen LogP) is 4.39. The molecule has 0 aliphatic carbocycles. The molecule has 0 aliphatic heterocycles. The maximum atomic E-state index is 9.47. The lowest BCUT2D eigenvalue weighted by molar-refractivity contribution is 1.36. The first kappa shape index (κ1) is 14.8. The summed E-state index contributed by atoms with van der Waals surface area (Å²) in [5.74, 6) is 0. The Hall–Kier alpha value is -2.15. The lowest BCUT2D eigenvalue weighted by atomic mass is 9.98. The minimum Gasteiger partial charge on any atom is -0.244 e. The SMILES string of the molecule is C[Si](C)c1cccc(C#N)c1-c1ccc2c(Cl)nccc2c1. The summed E-state index contributed by atoms with van der Waals surface area (Å²) in [7, 11) is -0.671. The normalized spacial score (nSPS) is 10.9. The zero-order valence-corrected chi connectivity index (χ0v) is 14.1. The highest BCUT2D eigenvalue weighted by atomic mass is 35.5. The van der Waals surface area contributed by atoms with E-state index in [1.165, 1.54) is 5.19 Å². The molecule has 0 unspecified atom stereocenters. The van der Waals surface area contributed by atoms with Gasteiger partial charge in [-0.15, -0.1) is 0 Å². The minimum atomic E-state index is -0.671. The van der Waals surface area contributed by atoms with E-state index in [9.17, 15) is 5.26 Å². The van der Waals surface area contributed by atoms with Gasteiger partial charge in [-0.2, -0.15) is 5.26 Å². The Bertz CT molecular complexity index is 897. The van der Waals surface area contributed by atoms with Crippen molar-refractivity contribution in [2.45, 2.75) is 13.1 Å². The molecule has 3 rings (SSSR count). The molecule has 0 atom stereocenters. The molecule has 1 aromatic heterocycles. The molecule has 3 aromatic rings. The molecule has 0 saturated heterocycles. The predicted molar refractivity (Wildman–Crippen MR) is 94.0 cm³/mol. The highest BCUT2D eigenvalue weighted by Gasteiger charge is 2.14. The second-order valence-corrected chi connectivity index (χ2v) is 8.27. The van der Waals surface area contributed by atoms with Crippen LogP contribution in [-0.4, -0.2) is 13.8 Å². The highest BCUT2D eigenvalue weighted by Crippen LogP contribution is 2.28. The summed E-state index contributed by atoms with van der Waals surface area (Å²) >= 11 is 6.14. The first-order valence-corrected chi connectivity index (χ1v) is 9.88. The number of aromatic nitrogens is 1. The summed E-state index contributed by atoms with van der Waals surface area (Å²) in [5, 5.41) is 13.2. The Morgan fingerprint density at radius 3 is 2.68 bits per heavy atom. The van der Waals surface area contributed by atoms with Gasteiger partial charge in [0.15, 0.2) is 0 Å². The fourth-order valence-corrected chi connectivity index (χ4v) is 4.11. The van der Waals surface area contributed by atoms with E-state index in [2.05, 4.69) is 36.3 Å². The molecule has 0 aliphatic rings. The average molecular weight is 322 g/mol. The maximum absolute atomic E-state index is 9.47. The van der Waals surface area contributed by atoms with Crippen LogP contribution in [0.15, 0.2) is 48.7 Å². The molecule has 0 fully saturated rings. The molecular weight excluding hydrogens is 308 g/mol. The van der Waals surface area contributed by atoms with E-state index in [0.29, 0.717) is 5.15 Å². The van der Waals surface area contributed by atoms with Gasteiger partial charge in [-0.05, 0) is 34.7 Å². The number of benzene rings is 2. The van der Waals surface area contributed by atoms with Crippen LogP contribution in [0.25, 0.3) is 21.9 Å². The van der Waals surface area contributed by atoms with Crippen molar-refractivity contribution in [2.24, 2.45) is 0 Å². The Morgan fingerprint density at radius 1 is 1.14 bits per heavy atom. The van der Waals surface area contributed by atoms with Gasteiger partial charge in [0, 0.05) is 11.6 Å². The minimum absolute atomic E-state index is 0.508. The first-order valence-electron chi connectivity index (χ1n) is 7.00. The van der Waals surface area contributed by atoms with E-state index in [-0.39, 0.29) is 0 Å². The van der Waals surface area contributed by atoms with E-state index in [0.717, 1.165) is 27.5 Å². The average Bonchev–Trinajstić information content (AvgIpc) is 2.54. The molecule has 4 heteroatoms. The number of fused-ring (bicyclic) bond motifs is 1. The van der Waals surface area contributed by atoms with Gasteiger partial charge in [-0.3, -0.25) is 0 Å². The number of rotatable bonds is 2. The van der Waals surface area contributed by atoms with Crippen molar-refractivity contribution in [3.63, 3.8) is 0 Å². The molecule has 1 radical (unpaired) electrons. The van der Waals surface area contributed by atoms with Crippen LogP contribution in [0.4, 0.5) is 0 Å². The van der Waals surface area contributed by atoms with E-state index in [1.54, 1.807) is 6.20 Å². The molecule has 0 bridgehead atoms. The van der Waals surface area contributed by atoms with Crippen molar-refractivity contribution in [2.75, 3.05) is 0 Å². The van der Waals surface area contributed by atoms with E-state index < -0.39 is 8.80 Å². The molecule has 0 amide bonds. The van der Waals surface area contributed by atoms with Gasteiger partial charge in [0.25, 0.3) is 0 Å². The molecule has 0 N–H and O–H groups in total. The van der Waals surface area contributed by atoms with Gasteiger partial charge in [0.05, 0.1) is 20.4 Å². The van der Waals surface area contributed by atoms with Crippen LogP contribution in [0.1, 0.15) is 5.56 Å². The van der Waals surface area contributed by atoms with Crippen molar-refractivity contribution < 1.29 is 0 Å². The van der Waals surface area contributed by atoms with Gasteiger partial charge in [-0.1, -0.05) is 54.1 Å². The van der Waals surface area contributed by atoms with Crippen LogP contribution in [0.5, 0.6) is 0 Å². The fourth-order valence-electron chi connectivity index (χ4n) is 2.67. The number of halogens is 1. The van der Waals surface area contributed by atoms with E-state index in [1.807, 2.05) is 30.3 Å². The molecule has 0 spiro atoms. The van der Waals surface area contributed by atoms with Gasteiger partial charge >= 0.3 is 0 Å². The smallest absolute Gasteiger partial charge is 0.136 e.